The Balaban J connectivity index is 0.000000298. The number of carbonyl (C=O) groups is 1. The van der Waals surface area contributed by atoms with E-state index < -0.39 is 12.1 Å². The Bertz CT molecular complexity index is 618. The minimum atomic E-state index is -5.08. The topological polar surface area (TPSA) is 58.4 Å². The number of aryl methyl sites for hydroxylation is 2. The Labute approximate surface area is 152 Å². The monoisotopic (exact) mass is 375 g/mol. The van der Waals surface area contributed by atoms with Gasteiger partial charge in [0, 0.05) is 37.4 Å². The van der Waals surface area contributed by atoms with E-state index in [0.29, 0.717) is 0 Å². The number of aromatic nitrogens is 2. The van der Waals surface area contributed by atoms with E-state index >= 15 is 0 Å². The maximum Gasteiger partial charge on any atom is 0.490 e. The molecule has 0 atom stereocenters. The summed E-state index contributed by atoms with van der Waals surface area (Å²) in [7, 11) is 2.06. The molecule has 0 saturated heterocycles. The second-order valence-electron chi connectivity index (χ2n) is 7.39. The molecule has 0 aliphatic heterocycles. The summed E-state index contributed by atoms with van der Waals surface area (Å²) >= 11 is 0. The van der Waals surface area contributed by atoms with Crippen LogP contribution in [0.25, 0.3) is 0 Å². The van der Waals surface area contributed by atoms with Gasteiger partial charge in [-0.05, 0) is 45.4 Å². The van der Waals surface area contributed by atoms with E-state index in [0.717, 1.165) is 18.5 Å². The molecule has 5 nitrogen and oxygen atoms in total. The zero-order valence-electron chi connectivity index (χ0n) is 15.6. The van der Waals surface area contributed by atoms with Crippen LogP contribution in [0, 0.1) is 19.8 Å². The molecule has 1 aromatic rings. The highest BCUT2D eigenvalue weighted by Crippen LogP contribution is 2.33. The molecule has 2 fully saturated rings. The number of carboxylic acids is 1. The Morgan fingerprint density at radius 2 is 1.77 bits per heavy atom. The molecule has 3 rings (SSSR count). The average Bonchev–Trinajstić information content (AvgIpc) is 3.21. The summed E-state index contributed by atoms with van der Waals surface area (Å²) in [5.41, 5.74) is 4.03. The summed E-state index contributed by atoms with van der Waals surface area (Å²) < 4.78 is 33.8. The van der Waals surface area contributed by atoms with Crippen molar-refractivity contribution < 1.29 is 23.1 Å². The molecule has 2 saturated carbocycles. The van der Waals surface area contributed by atoms with Crippen molar-refractivity contribution in [3.05, 3.63) is 17.0 Å². The largest absolute Gasteiger partial charge is 0.490 e. The second kappa shape index (κ2) is 8.41. The lowest BCUT2D eigenvalue weighted by Gasteiger charge is -2.25. The molecule has 0 unspecified atom stereocenters. The van der Waals surface area contributed by atoms with Crippen molar-refractivity contribution in [2.24, 2.45) is 13.0 Å². The number of aliphatic carboxylic acids is 1. The van der Waals surface area contributed by atoms with Gasteiger partial charge in [-0.25, -0.2) is 4.79 Å². The van der Waals surface area contributed by atoms with E-state index in [4.69, 9.17) is 9.90 Å². The molecule has 148 valence electrons. The number of hydrogen-bond acceptors (Lipinski definition) is 3. The highest BCUT2D eigenvalue weighted by Gasteiger charge is 2.38. The minimum Gasteiger partial charge on any atom is -0.475 e. The molecule has 1 aromatic heterocycles. The smallest absolute Gasteiger partial charge is 0.475 e. The zero-order chi connectivity index (χ0) is 19.5. The van der Waals surface area contributed by atoms with Gasteiger partial charge in [0.2, 0.25) is 0 Å². The minimum absolute atomic E-state index is 0.861. The van der Waals surface area contributed by atoms with Crippen molar-refractivity contribution in [2.45, 2.75) is 71.1 Å². The van der Waals surface area contributed by atoms with Gasteiger partial charge in [0.1, 0.15) is 0 Å². The molecule has 0 radical (unpaired) electrons. The lowest BCUT2D eigenvalue weighted by atomic mass is 10.1. The van der Waals surface area contributed by atoms with E-state index in [-0.39, 0.29) is 0 Å². The number of halogens is 3. The van der Waals surface area contributed by atoms with Crippen LogP contribution in [0.1, 0.15) is 55.5 Å². The predicted octanol–water partition coefficient (Wildman–Crippen LogP) is 3.82. The first-order valence-electron chi connectivity index (χ1n) is 9.12. The fourth-order valence-corrected chi connectivity index (χ4v) is 3.56. The van der Waals surface area contributed by atoms with E-state index in [1.807, 2.05) is 4.68 Å². The van der Waals surface area contributed by atoms with Gasteiger partial charge in [-0.1, -0.05) is 12.8 Å². The van der Waals surface area contributed by atoms with E-state index in [1.165, 1.54) is 62.0 Å². The van der Waals surface area contributed by atoms with Crippen LogP contribution in [0.2, 0.25) is 0 Å². The van der Waals surface area contributed by atoms with Gasteiger partial charge in [-0.3, -0.25) is 9.58 Å². The predicted molar refractivity (Wildman–Crippen MR) is 91.8 cm³/mol. The van der Waals surface area contributed by atoms with Crippen molar-refractivity contribution in [3.8, 4) is 0 Å². The first-order valence-corrected chi connectivity index (χ1v) is 9.12. The lowest BCUT2D eigenvalue weighted by Crippen LogP contribution is -2.30. The molecule has 1 N–H and O–H groups in total. The third-order valence-electron chi connectivity index (χ3n) is 5.29. The standard InChI is InChI=1S/C16H27N3.C2HF3O2/c1-12-16(13(2)18(3)17-12)11-19(15-8-9-15)10-14-6-4-5-7-14;3-2(4,5)1(6)7/h14-15H,4-11H2,1-3H3;(H,6,7). The van der Waals surface area contributed by atoms with Crippen LogP contribution in [0.3, 0.4) is 0 Å². The summed E-state index contributed by atoms with van der Waals surface area (Å²) in [4.78, 5) is 11.6. The van der Waals surface area contributed by atoms with E-state index in [9.17, 15) is 13.2 Å². The number of hydrogen-bond donors (Lipinski definition) is 1. The molecule has 8 heteroatoms. The van der Waals surface area contributed by atoms with Gasteiger partial charge < -0.3 is 5.11 Å². The van der Waals surface area contributed by atoms with Crippen LogP contribution in [-0.2, 0) is 18.4 Å². The van der Waals surface area contributed by atoms with E-state index in [1.54, 1.807) is 0 Å². The summed E-state index contributed by atoms with van der Waals surface area (Å²) in [5.74, 6) is -1.80. The molecule has 0 spiro atoms. The van der Waals surface area contributed by atoms with Crippen molar-refractivity contribution in [2.75, 3.05) is 6.54 Å². The summed E-state index contributed by atoms with van der Waals surface area (Å²) in [6.45, 7) is 6.80. The highest BCUT2D eigenvalue weighted by molar-refractivity contribution is 5.73. The maximum absolute atomic E-state index is 10.6. The Hall–Kier alpha value is -1.57. The third kappa shape index (κ3) is 5.72. The van der Waals surface area contributed by atoms with Crippen LogP contribution in [0.15, 0.2) is 0 Å². The fraction of sp³-hybridized carbons (Fsp3) is 0.778. The highest BCUT2D eigenvalue weighted by atomic mass is 19.4. The Kier molecular flexibility index (Phi) is 6.71. The normalized spacial score (nSPS) is 18.1. The second-order valence-corrected chi connectivity index (χ2v) is 7.39. The summed E-state index contributed by atoms with van der Waals surface area (Å²) in [6.07, 6.45) is 3.54. The molecule has 2 aliphatic rings. The molecule has 0 amide bonds. The van der Waals surface area contributed by atoms with Crippen LogP contribution in [0.5, 0.6) is 0 Å². The lowest BCUT2D eigenvalue weighted by molar-refractivity contribution is -0.192. The molecule has 0 bridgehead atoms. The van der Waals surface area contributed by atoms with Gasteiger partial charge in [0.15, 0.2) is 0 Å². The molecule has 2 aliphatic carbocycles. The molecule has 1 heterocycles. The van der Waals surface area contributed by atoms with Crippen molar-refractivity contribution in [3.63, 3.8) is 0 Å². The van der Waals surface area contributed by atoms with Crippen molar-refractivity contribution >= 4 is 5.97 Å². The molecule has 0 aromatic carbocycles. The van der Waals surface area contributed by atoms with E-state index in [2.05, 4.69) is 30.9 Å². The van der Waals surface area contributed by atoms with Crippen LogP contribution < -0.4 is 0 Å². The van der Waals surface area contributed by atoms with Crippen LogP contribution in [-0.4, -0.2) is 44.5 Å². The molecular formula is C18H28F3N3O2. The summed E-state index contributed by atoms with van der Waals surface area (Å²) in [6, 6.07) is 0.861. The SMILES string of the molecule is Cc1nn(C)c(C)c1CN(CC1CCCC1)C1CC1.O=C(O)C(F)(F)F. The quantitative estimate of drug-likeness (QED) is 0.850. The number of rotatable bonds is 5. The summed E-state index contributed by atoms with van der Waals surface area (Å²) in [5, 5.41) is 11.7. The van der Waals surface area contributed by atoms with Crippen LogP contribution in [0.4, 0.5) is 13.2 Å². The van der Waals surface area contributed by atoms with Gasteiger partial charge in [0.05, 0.1) is 5.69 Å². The van der Waals surface area contributed by atoms with Crippen LogP contribution >= 0.6 is 0 Å². The fourth-order valence-electron chi connectivity index (χ4n) is 3.56. The number of carboxylic acid groups (broad SMARTS) is 1. The Morgan fingerprint density at radius 1 is 1.23 bits per heavy atom. The van der Waals surface area contributed by atoms with Gasteiger partial charge >= 0.3 is 12.1 Å². The number of nitrogens with zero attached hydrogens (tertiary/aromatic N) is 3. The van der Waals surface area contributed by atoms with Gasteiger partial charge in [0.25, 0.3) is 0 Å². The maximum atomic E-state index is 10.6. The zero-order valence-corrected chi connectivity index (χ0v) is 15.6. The Morgan fingerprint density at radius 3 is 2.15 bits per heavy atom. The third-order valence-corrected chi connectivity index (χ3v) is 5.29. The van der Waals surface area contributed by atoms with Gasteiger partial charge in [-0.15, -0.1) is 0 Å². The number of alkyl halides is 3. The van der Waals surface area contributed by atoms with Gasteiger partial charge in [-0.2, -0.15) is 18.3 Å². The molecular weight excluding hydrogens is 347 g/mol. The first-order chi connectivity index (χ1) is 12.1. The first kappa shape index (κ1) is 20.7. The van der Waals surface area contributed by atoms with Crippen molar-refractivity contribution in [1.82, 2.24) is 14.7 Å². The molecule has 26 heavy (non-hydrogen) atoms. The average molecular weight is 375 g/mol. The van der Waals surface area contributed by atoms with Crippen molar-refractivity contribution in [1.29, 1.82) is 0 Å².